The normalized spacial score (nSPS) is 10.7. The summed E-state index contributed by atoms with van der Waals surface area (Å²) >= 11 is 0. The lowest BCUT2D eigenvalue weighted by Gasteiger charge is -2.20. The SMILES string of the molecule is CC(C)(C)OC(=O)Nc1cccc(O)c1OC(=O)CCCCO[N+](=O)[O-]. The van der Waals surface area contributed by atoms with Crippen LogP contribution in [0, 0.1) is 10.1 Å². The molecule has 0 saturated heterocycles. The van der Waals surface area contributed by atoms with E-state index in [1.54, 1.807) is 20.8 Å². The zero-order valence-electron chi connectivity index (χ0n) is 14.8. The lowest BCUT2D eigenvalue weighted by atomic mass is 10.2. The molecule has 0 aliphatic carbocycles. The molecular weight excluding hydrogens is 348 g/mol. The van der Waals surface area contributed by atoms with Crippen LogP contribution in [-0.2, 0) is 14.4 Å². The van der Waals surface area contributed by atoms with Crippen LogP contribution in [0.5, 0.6) is 11.5 Å². The van der Waals surface area contributed by atoms with Gasteiger partial charge in [0.25, 0.3) is 5.09 Å². The lowest BCUT2D eigenvalue weighted by Crippen LogP contribution is -2.27. The number of amides is 1. The fourth-order valence-electron chi connectivity index (χ4n) is 1.82. The van der Waals surface area contributed by atoms with Crippen LogP contribution < -0.4 is 10.1 Å². The van der Waals surface area contributed by atoms with Gasteiger partial charge in [-0.15, -0.1) is 10.1 Å². The van der Waals surface area contributed by atoms with E-state index in [1.165, 1.54) is 18.2 Å². The maximum atomic E-state index is 11.9. The highest BCUT2D eigenvalue weighted by molar-refractivity contribution is 5.89. The van der Waals surface area contributed by atoms with Crippen molar-refractivity contribution in [2.24, 2.45) is 0 Å². The number of phenols is 1. The Morgan fingerprint density at radius 3 is 2.58 bits per heavy atom. The molecular formula is C16H22N2O8. The van der Waals surface area contributed by atoms with Crippen molar-refractivity contribution in [3.05, 3.63) is 28.3 Å². The van der Waals surface area contributed by atoms with Crippen molar-refractivity contribution in [1.82, 2.24) is 0 Å². The second-order valence-electron chi connectivity index (χ2n) is 6.27. The molecule has 1 amide bonds. The molecule has 144 valence electrons. The summed E-state index contributed by atoms with van der Waals surface area (Å²) in [6.45, 7) is 4.96. The zero-order valence-corrected chi connectivity index (χ0v) is 14.8. The van der Waals surface area contributed by atoms with Crippen LogP contribution in [0.25, 0.3) is 0 Å². The number of esters is 1. The predicted octanol–water partition coefficient (Wildman–Crippen LogP) is 3.02. The number of unbranched alkanes of at least 4 members (excludes halogenated alkanes) is 1. The fourth-order valence-corrected chi connectivity index (χ4v) is 1.82. The van der Waals surface area contributed by atoms with E-state index in [9.17, 15) is 24.8 Å². The number of rotatable bonds is 8. The van der Waals surface area contributed by atoms with E-state index in [0.29, 0.717) is 12.8 Å². The first kappa shape index (κ1) is 21.0. The van der Waals surface area contributed by atoms with Crippen molar-refractivity contribution in [2.75, 3.05) is 11.9 Å². The van der Waals surface area contributed by atoms with Crippen molar-refractivity contribution < 1.29 is 34.1 Å². The average molecular weight is 370 g/mol. The van der Waals surface area contributed by atoms with Crippen molar-refractivity contribution in [3.8, 4) is 11.5 Å². The number of hydrogen-bond acceptors (Lipinski definition) is 8. The van der Waals surface area contributed by atoms with E-state index in [2.05, 4.69) is 10.2 Å². The molecule has 10 heteroatoms. The van der Waals surface area contributed by atoms with E-state index in [4.69, 9.17) is 9.47 Å². The van der Waals surface area contributed by atoms with Crippen LogP contribution in [0.3, 0.4) is 0 Å². The van der Waals surface area contributed by atoms with Gasteiger partial charge in [0, 0.05) is 6.42 Å². The number of nitrogens with zero attached hydrogens (tertiary/aromatic N) is 1. The van der Waals surface area contributed by atoms with Gasteiger partial charge >= 0.3 is 12.1 Å². The van der Waals surface area contributed by atoms with Gasteiger partial charge in [-0.1, -0.05) is 6.07 Å². The van der Waals surface area contributed by atoms with Crippen molar-refractivity contribution in [2.45, 2.75) is 45.6 Å². The minimum Gasteiger partial charge on any atom is -0.504 e. The Kier molecular flexibility index (Phi) is 7.63. The highest BCUT2D eigenvalue weighted by Crippen LogP contribution is 2.35. The molecule has 0 aliphatic rings. The molecule has 0 saturated carbocycles. The minimum atomic E-state index is -0.908. The second-order valence-corrected chi connectivity index (χ2v) is 6.27. The molecule has 1 aromatic rings. The van der Waals surface area contributed by atoms with Crippen LogP contribution in [-0.4, -0.2) is 34.5 Å². The minimum absolute atomic E-state index is 0.0404. The number of carbonyl (C=O) groups is 2. The molecule has 0 aliphatic heterocycles. The molecule has 0 fully saturated rings. The van der Waals surface area contributed by atoms with E-state index < -0.39 is 22.8 Å². The van der Waals surface area contributed by atoms with Gasteiger partial charge in [-0.05, 0) is 45.7 Å². The van der Waals surface area contributed by atoms with Gasteiger partial charge in [0.05, 0.1) is 12.3 Å². The number of anilines is 1. The molecule has 0 bridgehead atoms. The summed E-state index contributed by atoms with van der Waals surface area (Å²) in [6.07, 6.45) is -0.215. The first-order valence-electron chi connectivity index (χ1n) is 7.88. The number of carbonyl (C=O) groups excluding carboxylic acids is 2. The largest absolute Gasteiger partial charge is 0.504 e. The quantitative estimate of drug-likeness (QED) is 0.234. The number of aromatic hydroxyl groups is 1. The summed E-state index contributed by atoms with van der Waals surface area (Å²) in [6, 6.07) is 4.21. The Hall–Kier alpha value is -3.04. The second kappa shape index (κ2) is 9.44. The Balaban J connectivity index is 2.64. The number of phenolic OH excluding ortho intramolecular Hbond substituents is 1. The first-order chi connectivity index (χ1) is 12.1. The van der Waals surface area contributed by atoms with E-state index in [0.717, 1.165) is 0 Å². The smallest absolute Gasteiger partial charge is 0.412 e. The molecule has 26 heavy (non-hydrogen) atoms. The Labute approximate surface area is 150 Å². The van der Waals surface area contributed by atoms with E-state index >= 15 is 0 Å². The molecule has 0 unspecified atom stereocenters. The Bertz CT molecular complexity index is 654. The van der Waals surface area contributed by atoms with Crippen molar-refractivity contribution >= 4 is 17.7 Å². The molecule has 0 atom stereocenters. The number of para-hydroxylation sites is 1. The molecule has 2 N–H and O–H groups in total. The number of hydrogen-bond donors (Lipinski definition) is 2. The molecule has 0 spiro atoms. The van der Waals surface area contributed by atoms with Crippen LogP contribution in [0.1, 0.15) is 40.0 Å². The third-order valence-corrected chi connectivity index (χ3v) is 2.82. The molecule has 0 heterocycles. The van der Waals surface area contributed by atoms with Crippen molar-refractivity contribution in [3.63, 3.8) is 0 Å². The number of benzene rings is 1. The maximum Gasteiger partial charge on any atom is 0.412 e. The zero-order chi connectivity index (χ0) is 19.7. The first-order valence-corrected chi connectivity index (χ1v) is 7.88. The third kappa shape index (κ3) is 8.18. The summed E-state index contributed by atoms with van der Waals surface area (Å²) < 4.78 is 10.2. The van der Waals surface area contributed by atoms with Crippen LogP contribution in [0.2, 0.25) is 0 Å². The Morgan fingerprint density at radius 1 is 1.27 bits per heavy atom. The maximum absolute atomic E-state index is 11.9. The molecule has 10 nitrogen and oxygen atoms in total. The van der Waals surface area contributed by atoms with E-state index in [-0.39, 0.29) is 30.2 Å². The highest BCUT2D eigenvalue weighted by Gasteiger charge is 2.20. The summed E-state index contributed by atoms with van der Waals surface area (Å²) in [7, 11) is 0. The predicted molar refractivity (Wildman–Crippen MR) is 90.4 cm³/mol. The summed E-state index contributed by atoms with van der Waals surface area (Å²) in [4.78, 5) is 37.9. The van der Waals surface area contributed by atoms with Crippen LogP contribution in [0.4, 0.5) is 10.5 Å². The standard InChI is InChI=1S/C16H22N2O8/c1-16(2,3)26-15(21)17-11-7-6-8-12(19)14(11)25-13(20)9-4-5-10-24-18(22)23/h6-8,19H,4-5,9-10H2,1-3H3,(H,17,21). The van der Waals surface area contributed by atoms with Crippen molar-refractivity contribution in [1.29, 1.82) is 0 Å². The average Bonchev–Trinajstić information content (AvgIpc) is 2.48. The third-order valence-electron chi connectivity index (χ3n) is 2.82. The van der Waals surface area contributed by atoms with Crippen LogP contribution >= 0.6 is 0 Å². The molecule has 0 radical (unpaired) electrons. The van der Waals surface area contributed by atoms with Gasteiger partial charge in [-0.2, -0.15) is 0 Å². The summed E-state index contributed by atoms with van der Waals surface area (Å²) in [5.41, 5.74) is -0.645. The van der Waals surface area contributed by atoms with Gasteiger partial charge in [0.15, 0.2) is 11.5 Å². The van der Waals surface area contributed by atoms with Crippen LogP contribution in [0.15, 0.2) is 18.2 Å². The van der Waals surface area contributed by atoms with Gasteiger partial charge in [-0.3, -0.25) is 10.1 Å². The highest BCUT2D eigenvalue weighted by atomic mass is 16.9. The summed E-state index contributed by atoms with van der Waals surface area (Å²) in [5, 5.41) is 21.4. The Morgan fingerprint density at radius 2 is 1.96 bits per heavy atom. The summed E-state index contributed by atoms with van der Waals surface area (Å²) in [5.74, 6) is -1.20. The van der Waals surface area contributed by atoms with Gasteiger partial charge in [0.2, 0.25) is 0 Å². The number of ether oxygens (including phenoxy) is 2. The topological polar surface area (TPSA) is 137 Å². The monoisotopic (exact) mass is 370 g/mol. The molecule has 0 aromatic heterocycles. The van der Waals surface area contributed by atoms with Gasteiger partial charge in [-0.25, -0.2) is 4.79 Å². The fraction of sp³-hybridized carbons (Fsp3) is 0.500. The van der Waals surface area contributed by atoms with Gasteiger partial charge in [0.1, 0.15) is 5.60 Å². The van der Waals surface area contributed by atoms with E-state index in [1.807, 2.05) is 0 Å². The van der Waals surface area contributed by atoms with Gasteiger partial charge < -0.3 is 19.4 Å². The lowest BCUT2D eigenvalue weighted by molar-refractivity contribution is -0.757. The number of nitrogens with one attached hydrogen (secondary N) is 1. The molecule has 1 aromatic carbocycles. The molecule has 1 rings (SSSR count).